The fraction of sp³-hybridized carbons (Fsp3) is 0.467. The second-order valence-electron chi connectivity index (χ2n) is 10.4. The van der Waals surface area contributed by atoms with Crippen LogP contribution < -0.4 is 10.6 Å². The van der Waals surface area contributed by atoms with Crippen LogP contribution in [0.5, 0.6) is 0 Å². The number of Topliss-reactive ketones (excluding diaryl/α,β-unsaturated/α-hetero) is 1. The zero-order chi connectivity index (χ0) is 26.9. The summed E-state index contributed by atoms with van der Waals surface area (Å²) in [5.74, 6) is -2.32. The Morgan fingerprint density at radius 3 is 2.16 bits per heavy atom. The van der Waals surface area contributed by atoms with Gasteiger partial charge in [-0.05, 0) is 56.2 Å². The highest BCUT2D eigenvalue weighted by Gasteiger charge is 2.38. The van der Waals surface area contributed by atoms with E-state index >= 15 is 0 Å². The van der Waals surface area contributed by atoms with Gasteiger partial charge < -0.3 is 20.6 Å². The van der Waals surface area contributed by atoms with Gasteiger partial charge in [-0.2, -0.15) is 0 Å². The van der Waals surface area contributed by atoms with Gasteiger partial charge in [0, 0.05) is 25.4 Å². The van der Waals surface area contributed by atoms with Gasteiger partial charge in [0.25, 0.3) is 0 Å². The number of carbonyl (C=O) groups excluding carboxylic acids is 3. The normalized spacial score (nSPS) is 20.6. The second kappa shape index (κ2) is 13.3. The molecular weight excluding hydrogens is 482 g/mol. The summed E-state index contributed by atoms with van der Waals surface area (Å²) in [5, 5.41) is 16.0. The molecule has 202 valence electrons. The minimum Gasteiger partial charge on any atom is -0.481 e. The van der Waals surface area contributed by atoms with E-state index in [0.717, 1.165) is 36.9 Å². The zero-order valence-corrected chi connectivity index (χ0v) is 21.7. The summed E-state index contributed by atoms with van der Waals surface area (Å²) in [7, 11) is 0. The molecule has 4 atom stereocenters. The molecule has 4 rings (SSSR count). The van der Waals surface area contributed by atoms with E-state index in [2.05, 4.69) is 10.6 Å². The van der Waals surface area contributed by atoms with Crippen LogP contribution in [0.15, 0.2) is 60.7 Å². The first kappa shape index (κ1) is 27.5. The van der Waals surface area contributed by atoms with Crippen molar-refractivity contribution in [3.05, 3.63) is 71.8 Å². The first-order chi connectivity index (χ1) is 18.4. The van der Waals surface area contributed by atoms with Crippen molar-refractivity contribution in [1.29, 1.82) is 0 Å². The minimum atomic E-state index is -1.01. The van der Waals surface area contributed by atoms with Gasteiger partial charge >= 0.3 is 5.97 Å². The number of hydrogen-bond acceptors (Lipinski definition) is 5. The number of amides is 2. The predicted octanol–water partition coefficient (Wildman–Crippen LogP) is 2.75. The van der Waals surface area contributed by atoms with Crippen molar-refractivity contribution in [2.24, 2.45) is 5.92 Å². The van der Waals surface area contributed by atoms with Gasteiger partial charge in [0.1, 0.15) is 11.8 Å². The fourth-order valence-electron chi connectivity index (χ4n) is 5.55. The summed E-state index contributed by atoms with van der Waals surface area (Å²) in [6.07, 6.45) is 3.72. The Balaban J connectivity index is 1.42. The van der Waals surface area contributed by atoms with Gasteiger partial charge in [-0.15, -0.1) is 0 Å². The van der Waals surface area contributed by atoms with Crippen molar-refractivity contribution in [2.75, 3.05) is 13.1 Å². The number of ketones is 1. The lowest BCUT2D eigenvalue weighted by molar-refractivity contribution is -0.144. The average molecular weight is 520 g/mol. The second-order valence-corrected chi connectivity index (χ2v) is 10.4. The molecule has 0 aromatic heterocycles. The number of carboxylic acids is 1. The van der Waals surface area contributed by atoms with E-state index in [1.807, 2.05) is 60.7 Å². The third-order valence-corrected chi connectivity index (χ3v) is 7.49. The summed E-state index contributed by atoms with van der Waals surface area (Å²) in [4.78, 5) is 53.1. The van der Waals surface area contributed by atoms with Crippen molar-refractivity contribution in [2.45, 2.75) is 69.5 Å². The molecule has 2 heterocycles. The highest BCUT2D eigenvalue weighted by atomic mass is 16.4. The number of aliphatic carboxylic acids is 1. The van der Waals surface area contributed by atoms with Crippen LogP contribution in [0.1, 0.15) is 49.7 Å². The molecule has 38 heavy (non-hydrogen) atoms. The van der Waals surface area contributed by atoms with Gasteiger partial charge in [0.2, 0.25) is 11.8 Å². The van der Waals surface area contributed by atoms with Crippen molar-refractivity contribution in [1.82, 2.24) is 15.5 Å². The van der Waals surface area contributed by atoms with Crippen LogP contribution in [0.4, 0.5) is 0 Å². The molecule has 8 heteroatoms. The summed E-state index contributed by atoms with van der Waals surface area (Å²) in [6, 6.07) is 17.6. The van der Waals surface area contributed by atoms with Crippen LogP contribution in [0, 0.1) is 5.92 Å². The lowest BCUT2D eigenvalue weighted by atomic mass is 9.91. The number of hydrogen-bond donors (Lipinski definition) is 3. The van der Waals surface area contributed by atoms with Gasteiger partial charge in [0.05, 0.1) is 12.0 Å². The average Bonchev–Trinajstić information content (AvgIpc) is 3.62. The number of carboxylic acid groups (broad SMARTS) is 1. The van der Waals surface area contributed by atoms with Crippen LogP contribution >= 0.6 is 0 Å². The van der Waals surface area contributed by atoms with Gasteiger partial charge in [0.15, 0.2) is 0 Å². The molecule has 0 unspecified atom stereocenters. The molecule has 0 radical (unpaired) electrons. The van der Waals surface area contributed by atoms with E-state index in [1.54, 1.807) is 4.90 Å². The fourth-order valence-corrected chi connectivity index (χ4v) is 5.55. The predicted molar refractivity (Wildman–Crippen MR) is 143 cm³/mol. The summed E-state index contributed by atoms with van der Waals surface area (Å²) in [6.45, 7) is 1.36. The van der Waals surface area contributed by atoms with E-state index in [9.17, 15) is 24.3 Å². The van der Waals surface area contributed by atoms with E-state index in [1.165, 1.54) is 0 Å². The van der Waals surface area contributed by atoms with Gasteiger partial charge in [-0.25, -0.2) is 0 Å². The Morgan fingerprint density at radius 2 is 1.55 bits per heavy atom. The molecule has 0 spiro atoms. The molecule has 0 saturated carbocycles. The molecular formula is C30H37N3O5. The Labute approximate surface area is 223 Å². The van der Waals surface area contributed by atoms with Gasteiger partial charge in [-0.1, -0.05) is 60.7 Å². The smallest absolute Gasteiger partial charge is 0.307 e. The highest BCUT2D eigenvalue weighted by molar-refractivity contribution is 5.91. The van der Waals surface area contributed by atoms with Crippen LogP contribution in [0.3, 0.4) is 0 Å². The molecule has 0 bridgehead atoms. The molecule has 2 saturated heterocycles. The third-order valence-electron chi connectivity index (χ3n) is 7.49. The molecule has 2 aliphatic rings. The lowest BCUT2D eigenvalue weighted by Gasteiger charge is -2.28. The first-order valence-electron chi connectivity index (χ1n) is 13.6. The first-order valence-corrected chi connectivity index (χ1v) is 13.6. The molecule has 2 amide bonds. The number of rotatable bonds is 12. The van der Waals surface area contributed by atoms with Crippen molar-refractivity contribution in [3.63, 3.8) is 0 Å². The lowest BCUT2D eigenvalue weighted by Crippen LogP contribution is -2.53. The van der Waals surface area contributed by atoms with Gasteiger partial charge in [-0.3, -0.25) is 19.2 Å². The summed E-state index contributed by atoms with van der Waals surface area (Å²) < 4.78 is 0. The monoisotopic (exact) mass is 519 g/mol. The maximum absolute atomic E-state index is 13.4. The molecule has 2 aromatic rings. The molecule has 2 aliphatic heterocycles. The number of nitrogens with zero attached hydrogens (tertiary/aromatic N) is 1. The number of nitrogens with one attached hydrogen (secondary N) is 2. The quantitative estimate of drug-likeness (QED) is 0.397. The maximum Gasteiger partial charge on any atom is 0.307 e. The Morgan fingerprint density at radius 1 is 0.895 bits per heavy atom. The zero-order valence-electron chi connectivity index (χ0n) is 21.7. The van der Waals surface area contributed by atoms with E-state index in [4.69, 9.17) is 0 Å². The maximum atomic E-state index is 13.4. The van der Waals surface area contributed by atoms with Crippen LogP contribution in [-0.2, 0) is 32.0 Å². The third kappa shape index (κ3) is 7.51. The van der Waals surface area contributed by atoms with E-state index < -0.39 is 24.0 Å². The van der Waals surface area contributed by atoms with Crippen molar-refractivity contribution < 1.29 is 24.3 Å². The SMILES string of the molecule is O=C(C[C@@H](Cc1ccccc1)NC(=O)[C@@H]1CCCN1C(=O)[C@@H]1CCCN1)C[C@@H](Cc1ccccc1)C(=O)O. The summed E-state index contributed by atoms with van der Waals surface area (Å²) in [5.41, 5.74) is 1.84. The minimum absolute atomic E-state index is 0.0268. The Kier molecular flexibility index (Phi) is 9.65. The molecule has 3 N–H and O–H groups in total. The van der Waals surface area contributed by atoms with Crippen molar-refractivity contribution in [3.8, 4) is 0 Å². The van der Waals surface area contributed by atoms with E-state index in [0.29, 0.717) is 19.4 Å². The highest BCUT2D eigenvalue weighted by Crippen LogP contribution is 2.22. The number of benzene rings is 2. The van der Waals surface area contributed by atoms with Crippen LogP contribution in [0.25, 0.3) is 0 Å². The molecule has 0 aliphatic carbocycles. The largest absolute Gasteiger partial charge is 0.481 e. The van der Waals surface area contributed by atoms with Crippen LogP contribution in [-0.4, -0.2) is 64.8 Å². The van der Waals surface area contributed by atoms with E-state index in [-0.39, 0.29) is 42.9 Å². The van der Waals surface area contributed by atoms with Crippen molar-refractivity contribution >= 4 is 23.6 Å². The standard InChI is InChI=1S/C30H37N3O5/c34-25(19-23(30(37)38)17-21-9-3-1-4-10-21)20-24(18-22-11-5-2-6-12-22)32-28(35)27-14-8-16-33(27)29(36)26-13-7-15-31-26/h1-6,9-12,23-24,26-27,31H,7-8,13-20H2,(H,32,35)(H,37,38)/t23-,24-,26+,27+/m1/s1. The topological polar surface area (TPSA) is 116 Å². The summed E-state index contributed by atoms with van der Waals surface area (Å²) >= 11 is 0. The molecule has 2 fully saturated rings. The number of likely N-dealkylation sites (tertiary alicyclic amines) is 1. The Bertz CT molecular complexity index is 1100. The number of carbonyl (C=O) groups is 4. The molecule has 2 aromatic carbocycles. The Hall–Kier alpha value is -3.52. The molecule has 8 nitrogen and oxygen atoms in total. The van der Waals surface area contributed by atoms with Crippen LogP contribution in [0.2, 0.25) is 0 Å².